The summed E-state index contributed by atoms with van der Waals surface area (Å²) in [6.45, 7) is 6.16. The molecule has 3 rings (SSSR count). The highest BCUT2D eigenvalue weighted by atomic mass is 16.2. The molecule has 5 nitrogen and oxygen atoms in total. The van der Waals surface area contributed by atoms with Crippen molar-refractivity contribution in [3.63, 3.8) is 0 Å². The maximum absolute atomic E-state index is 12.4. The Balaban J connectivity index is 1.80. The van der Waals surface area contributed by atoms with Gasteiger partial charge in [0.1, 0.15) is 5.54 Å². The zero-order valence-electron chi connectivity index (χ0n) is 13.2. The number of rotatable bonds is 4. The highest BCUT2D eigenvalue weighted by Gasteiger charge is 2.46. The van der Waals surface area contributed by atoms with Gasteiger partial charge in [0.2, 0.25) is 0 Å². The van der Waals surface area contributed by atoms with Gasteiger partial charge in [-0.2, -0.15) is 0 Å². The molecule has 0 saturated carbocycles. The molecule has 2 heterocycles. The minimum Gasteiger partial charge on any atom is -0.361 e. The lowest BCUT2D eigenvalue weighted by Crippen LogP contribution is -2.43. The summed E-state index contributed by atoms with van der Waals surface area (Å²) >= 11 is 0. The summed E-state index contributed by atoms with van der Waals surface area (Å²) in [5.41, 5.74) is 2.67. The molecule has 3 amide bonds. The average molecular weight is 299 g/mol. The van der Waals surface area contributed by atoms with Crippen LogP contribution in [0.3, 0.4) is 0 Å². The van der Waals surface area contributed by atoms with Crippen LogP contribution in [-0.4, -0.2) is 33.9 Å². The molecule has 5 heteroatoms. The molecule has 2 N–H and O–H groups in total. The van der Waals surface area contributed by atoms with Crippen LogP contribution in [0.4, 0.5) is 4.79 Å². The van der Waals surface area contributed by atoms with Crippen molar-refractivity contribution in [2.75, 3.05) is 6.54 Å². The first kappa shape index (κ1) is 14.6. The van der Waals surface area contributed by atoms with Crippen molar-refractivity contribution in [1.29, 1.82) is 0 Å². The molecular weight excluding hydrogens is 278 g/mol. The van der Waals surface area contributed by atoms with E-state index in [0.29, 0.717) is 19.4 Å². The molecule has 1 atom stereocenters. The van der Waals surface area contributed by atoms with Crippen molar-refractivity contribution in [3.05, 3.63) is 35.5 Å². The van der Waals surface area contributed by atoms with Gasteiger partial charge >= 0.3 is 6.03 Å². The molecule has 1 saturated heterocycles. The normalized spacial score (nSPS) is 21.7. The van der Waals surface area contributed by atoms with E-state index >= 15 is 0 Å². The number of benzene rings is 1. The third kappa shape index (κ3) is 2.17. The third-order valence-electron chi connectivity index (χ3n) is 4.65. The van der Waals surface area contributed by atoms with Gasteiger partial charge in [-0.05, 0) is 43.9 Å². The molecule has 0 radical (unpaired) electrons. The first-order valence-electron chi connectivity index (χ1n) is 7.66. The fourth-order valence-electron chi connectivity index (χ4n) is 3.07. The summed E-state index contributed by atoms with van der Waals surface area (Å²) in [6.07, 6.45) is 3.22. The van der Waals surface area contributed by atoms with Gasteiger partial charge in [-0.15, -0.1) is 0 Å². The molecule has 0 spiro atoms. The van der Waals surface area contributed by atoms with Crippen LogP contribution in [0.15, 0.2) is 24.4 Å². The van der Waals surface area contributed by atoms with E-state index in [2.05, 4.69) is 23.3 Å². The molecule has 1 aromatic heterocycles. The number of carbonyl (C=O) groups excluding carboxylic acids is 2. The Hall–Kier alpha value is -2.30. The summed E-state index contributed by atoms with van der Waals surface area (Å²) in [7, 11) is 0. The molecule has 116 valence electrons. The maximum Gasteiger partial charge on any atom is 0.325 e. The van der Waals surface area contributed by atoms with Gasteiger partial charge in [0, 0.05) is 23.6 Å². The number of aryl methyl sites for hydroxylation is 1. The van der Waals surface area contributed by atoms with Gasteiger partial charge in [-0.3, -0.25) is 9.69 Å². The number of nitrogens with zero attached hydrogens (tertiary/aromatic N) is 1. The first-order valence-corrected chi connectivity index (χ1v) is 7.66. The molecule has 1 aliphatic heterocycles. The minimum absolute atomic E-state index is 0.128. The van der Waals surface area contributed by atoms with Gasteiger partial charge < -0.3 is 10.3 Å². The van der Waals surface area contributed by atoms with E-state index in [-0.39, 0.29) is 11.9 Å². The summed E-state index contributed by atoms with van der Waals surface area (Å²) < 4.78 is 0. The van der Waals surface area contributed by atoms with Crippen molar-refractivity contribution in [3.8, 4) is 0 Å². The van der Waals surface area contributed by atoms with Crippen LogP contribution in [0.2, 0.25) is 0 Å². The smallest absolute Gasteiger partial charge is 0.325 e. The predicted octanol–water partition coefficient (Wildman–Crippen LogP) is 2.74. The van der Waals surface area contributed by atoms with Gasteiger partial charge in [-0.25, -0.2) is 4.79 Å². The van der Waals surface area contributed by atoms with E-state index in [0.717, 1.165) is 11.1 Å². The van der Waals surface area contributed by atoms with E-state index in [4.69, 9.17) is 0 Å². The maximum atomic E-state index is 12.4. The van der Waals surface area contributed by atoms with Crippen molar-refractivity contribution in [2.45, 2.75) is 39.2 Å². The second kappa shape index (κ2) is 5.16. The highest BCUT2D eigenvalue weighted by molar-refractivity contribution is 6.06. The summed E-state index contributed by atoms with van der Waals surface area (Å²) in [5, 5.41) is 3.98. The van der Waals surface area contributed by atoms with Gasteiger partial charge in [-0.1, -0.05) is 19.1 Å². The lowest BCUT2D eigenvalue weighted by Gasteiger charge is -2.19. The molecule has 1 unspecified atom stereocenters. The Bertz CT molecular complexity index is 749. The Morgan fingerprint density at radius 2 is 2.05 bits per heavy atom. The number of H-pyrrole nitrogens is 1. The SMILES string of the molecule is CCC1(C)NC(=O)N(CCc2c[nH]c3cccc(C)c23)C1=O. The second-order valence-electron chi connectivity index (χ2n) is 6.13. The number of aromatic amines is 1. The Labute approximate surface area is 129 Å². The largest absolute Gasteiger partial charge is 0.361 e. The van der Waals surface area contributed by atoms with Crippen molar-refractivity contribution in [1.82, 2.24) is 15.2 Å². The number of nitrogens with one attached hydrogen (secondary N) is 2. The topological polar surface area (TPSA) is 65.2 Å². The van der Waals surface area contributed by atoms with E-state index in [1.165, 1.54) is 15.8 Å². The number of hydrogen-bond donors (Lipinski definition) is 2. The van der Waals surface area contributed by atoms with Crippen LogP contribution in [-0.2, 0) is 11.2 Å². The van der Waals surface area contributed by atoms with Gasteiger partial charge in [0.05, 0.1) is 0 Å². The lowest BCUT2D eigenvalue weighted by atomic mass is 9.99. The van der Waals surface area contributed by atoms with Crippen LogP contribution in [0.1, 0.15) is 31.4 Å². The number of imide groups is 1. The number of urea groups is 1. The quantitative estimate of drug-likeness (QED) is 0.853. The molecule has 22 heavy (non-hydrogen) atoms. The molecule has 0 aliphatic carbocycles. The lowest BCUT2D eigenvalue weighted by molar-refractivity contribution is -0.130. The Kier molecular flexibility index (Phi) is 3.43. The molecular formula is C17H21N3O2. The third-order valence-corrected chi connectivity index (χ3v) is 4.65. The zero-order chi connectivity index (χ0) is 15.9. The Morgan fingerprint density at radius 3 is 2.73 bits per heavy atom. The minimum atomic E-state index is -0.757. The number of amides is 3. The molecule has 1 fully saturated rings. The zero-order valence-corrected chi connectivity index (χ0v) is 13.2. The molecule has 1 aromatic carbocycles. The van der Waals surface area contributed by atoms with E-state index in [9.17, 15) is 9.59 Å². The van der Waals surface area contributed by atoms with Gasteiger partial charge in [0.15, 0.2) is 0 Å². The van der Waals surface area contributed by atoms with Crippen molar-refractivity contribution < 1.29 is 9.59 Å². The molecule has 0 bridgehead atoms. The fourth-order valence-corrected chi connectivity index (χ4v) is 3.07. The van der Waals surface area contributed by atoms with Crippen molar-refractivity contribution >= 4 is 22.8 Å². The van der Waals surface area contributed by atoms with Crippen LogP contribution in [0.25, 0.3) is 10.9 Å². The number of hydrogen-bond acceptors (Lipinski definition) is 2. The fraction of sp³-hybridized carbons (Fsp3) is 0.412. The number of aromatic nitrogens is 1. The number of carbonyl (C=O) groups is 2. The van der Waals surface area contributed by atoms with Crippen LogP contribution in [0, 0.1) is 6.92 Å². The predicted molar refractivity (Wildman–Crippen MR) is 85.7 cm³/mol. The second-order valence-corrected chi connectivity index (χ2v) is 6.13. The highest BCUT2D eigenvalue weighted by Crippen LogP contribution is 2.24. The van der Waals surface area contributed by atoms with Crippen molar-refractivity contribution in [2.24, 2.45) is 0 Å². The van der Waals surface area contributed by atoms with E-state index in [1.807, 2.05) is 25.3 Å². The van der Waals surface area contributed by atoms with Crippen LogP contribution >= 0.6 is 0 Å². The van der Waals surface area contributed by atoms with E-state index in [1.54, 1.807) is 6.92 Å². The van der Waals surface area contributed by atoms with Crippen LogP contribution in [0.5, 0.6) is 0 Å². The molecule has 1 aliphatic rings. The first-order chi connectivity index (χ1) is 10.5. The molecule has 2 aromatic rings. The number of fused-ring (bicyclic) bond motifs is 1. The summed E-state index contributed by atoms with van der Waals surface area (Å²) in [6, 6.07) is 5.84. The van der Waals surface area contributed by atoms with Crippen LogP contribution < -0.4 is 5.32 Å². The Morgan fingerprint density at radius 1 is 1.27 bits per heavy atom. The standard InChI is InChI=1S/C17H21N3O2/c1-4-17(3)15(21)20(16(22)19-17)9-8-12-10-18-13-7-5-6-11(2)14(12)13/h5-7,10,18H,4,8-9H2,1-3H3,(H,19,22). The monoisotopic (exact) mass is 299 g/mol. The summed E-state index contributed by atoms with van der Waals surface area (Å²) in [5.74, 6) is -0.128. The van der Waals surface area contributed by atoms with E-state index < -0.39 is 5.54 Å². The summed E-state index contributed by atoms with van der Waals surface area (Å²) in [4.78, 5) is 29.0. The van der Waals surface area contributed by atoms with Gasteiger partial charge in [0.25, 0.3) is 5.91 Å². The average Bonchev–Trinajstić information content (AvgIpc) is 2.99.